The molecular formula is C9H12BrCl. The van der Waals surface area contributed by atoms with E-state index in [-0.39, 0.29) is 0 Å². The predicted octanol–water partition coefficient (Wildman–Crippen LogP) is 4.23. The Balaban J connectivity index is 4.60. The summed E-state index contributed by atoms with van der Waals surface area (Å²) in [5, 5.41) is 0.536. The second-order valence-electron chi connectivity index (χ2n) is 2.61. The van der Waals surface area contributed by atoms with Gasteiger partial charge in [-0.2, -0.15) is 0 Å². The lowest BCUT2D eigenvalue weighted by molar-refractivity contribution is 0.790. The Bertz CT molecular complexity index is 202. The van der Waals surface area contributed by atoms with Gasteiger partial charge in [0.2, 0.25) is 0 Å². The summed E-state index contributed by atoms with van der Waals surface area (Å²) in [4.78, 5) is 0. The van der Waals surface area contributed by atoms with Crippen LogP contribution in [0.4, 0.5) is 0 Å². The summed E-state index contributed by atoms with van der Waals surface area (Å²) in [7, 11) is 0. The standard InChI is InChI=1S/C9H12BrCl/c1-6(2)9(8(4)10)5-7(3)11/h5-6H,3-4H2,1-2H3/b9-5-. The largest absolute Gasteiger partial charge is 0.0850 e. The van der Waals surface area contributed by atoms with Crippen molar-refractivity contribution in [3.05, 3.63) is 34.3 Å². The summed E-state index contributed by atoms with van der Waals surface area (Å²) in [5.74, 6) is 0.414. The van der Waals surface area contributed by atoms with E-state index in [1.54, 1.807) is 0 Å². The molecule has 0 bridgehead atoms. The molecule has 0 radical (unpaired) electrons. The molecule has 62 valence electrons. The molecule has 0 unspecified atom stereocenters. The molecule has 0 N–H and O–H groups in total. The van der Waals surface area contributed by atoms with Crippen LogP contribution in [0, 0.1) is 5.92 Å². The lowest BCUT2D eigenvalue weighted by atomic mass is 10.0. The Morgan fingerprint density at radius 2 is 1.91 bits per heavy atom. The second kappa shape index (κ2) is 4.78. The number of allylic oxidation sites excluding steroid dienone is 4. The first-order valence-corrected chi connectivity index (χ1v) is 4.53. The molecule has 0 aliphatic heterocycles. The first-order chi connectivity index (χ1) is 4.95. The van der Waals surface area contributed by atoms with Crippen molar-refractivity contribution in [1.82, 2.24) is 0 Å². The van der Waals surface area contributed by atoms with Gasteiger partial charge in [-0.25, -0.2) is 0 Å². The fraction of sp³-hybridized carbons (Fsp3) is 0.333. The average molecular weight is 236 g/mol. The minimum absolute atomic E-state index is 0.414. The molecule has 0 atom stereocenters. The first-order valence-electron chi connectivity index (χ1n) is 3.36. The minimum atomic E-state index is 0.414. The Labute approximate surface area is 81.8 Å². The van der Waals surface area contributed by atoms with E-state index in [1.165, 1.54) is 0 Å². The van der Waals surface area contributed by atoms with E-state index in [2.05, 4.69) is 42.9 Å². The molecule has 0 aromatic rings. The molecule has 11 heavy (non-hydrogen) atoms. The zero-order chi connectivity index (χ0) is 9.02. The Morgan fingerprint density at radius 3 is 2.00 bits per heavy atom. The van der Waals surface area contributed by atoms with E-state index in [1.807, 2.05) is 6.08 Å². The van der Waals surface area contributed by atoms with Gasteiger partial charge in [-0.05, 0) is 17.6 Å². The SMILES string of the molecule is C=C(Cl)/C=C(\C(=C)Br)C(C)C. The van der Waals surface area contributed by atoms with E-state index < -0.39 is 0 Å². The Morgan fingerprint density at radius 1 is 1.45 bits per heavy atom. The number of hydrogen-bond donors (Lipinski definition) is 0. The quantitative estimate of drug-likeness (QED) is 0.642. The smallest absolute Gasteiger partial charge is 0.0337 e. The van der Waals surface area contributed by atoms with Gasteiger partial charge in [0, 0.05) is 9.51 Å². The lowest BCUT2D eigenvalue weighted by Crippen LogP contribution is -1.92. The molecule has 0 aromatic carbocycles. The van der Waals surface area contributed by atoms with Gasteiger partial charge >= 0.3 is 0 Å². The third kappa shape index (κ3) is 4.44. The summed E-state index contributed by atoms with van der Waals surface area (Å²) in [6.45, 7) is 11.5. The predicted molar refractivity (Wildman–Crippen MR) is 56.0 cm³/mol. The third-order valence-corrected chi connectivity index (χ3v) is 1.81. The highest BCUT2D eigenvalue weighted by molar-refractivity contribution is 9.11. The van der Waals surface area contributed by atoms with E-state index in [0.29, 0.717) is 11.0 Å². The van der Waals surface area contributed by atoms with Crippen LogP contribution in [0.1, 0.15) is 13.8 Å². The van der Waals surface area contributed by atoms with Crippen LogP contribution in [0.3, 0.4) is 0 Å². The maximum absolute atomic E-state index is 5.63. The van der Waals surface area contributed by atoms with Crippen molar-refractivity contribution in [3.63, 3.8) is 0 Å². The number of rotatable bonds is 3. The van der Waals surface area contributed by atoms with Crippen LogP contribution in [0.2, 0.25) is 0 Å². The molecule has 0 fully saturated rings. The molecule has 0 aromatic heterocycles. The second-order valence-corrected chi connectivity index (χ2v) is 4.05. The van der Waals surface area contributed by atoms with Gasteiger partial charge in [0.25, 0.3) is 0 Å². The fourth-order valence-electron chi connectivity index (χ4n) is 0.727. The third-order valence-electron chi connectivity index (χ3n) is 1.25. The Hall–Kier alpha value is -0.0100. The molecule has 0 amide bonds. The van der Waals surface area contributed by atoms with Crippen LogP contribution in [-0.4, -0.2) is 0 Å². The van der Waals surface area contributed by atoms with E-state index in [0.717, 1.165) is 10.1 Å². The summed E-state index contributed by atoms with van der Waals surface area (Å²) in [6, 6.07) is 0. The van der Waals surface area contributed by atoms with Crippen molar-refractivity contribution in [2.45, 2.75) is 13.8 Å². The molecule has 2 heteroatoms. The van der Waals surface area contributed by atoms with Gasteiger partial charge in [0.15, 0.2) is 0 Å². The van der Waals surface area contributed by atoms with Crippen LogP contribution in [-0.2, 0) is 0 Å². The minimum Gasteiger partial charge on any atom is -0.0850 e. The molecule has 0 heterocycles. The van der Waals surface area contributed by atoms with Crippen molar-refractivity contribution >= 4 is 27.5 Å². The zero-order valence-corrected chi connectivity index (χ0v) is 9.17. The van der Waals surface area contributed by atoms with Crippen molar-refractivity contribution < 1.29 is 0 Å². The van der Waals surface area contributed by atoms with Gasteiger partial charge in [-0.3, -0.25) is 0 Å². The Kier molecular flexibility index (Phi) is 4.78. The maximum atomic E-state index is 5.63. The van der Waals surface area contributed by atoms with Crippen LogP contribution in [0.5, 0.6) is 0 Å². The summed E-state index contributed by atoms with van der Waals surface area (Å²) < 4.78 is 0.870. The van der Waals surface area contributed by atoms with E-state index in [4.69, 9.17) is 11.6 Å². The summed E-state index contributed by atoms with van der Waals surface area (Å²) in [5.41, 5.74) is 1.09. The molecule has 0 spiro atoms. The number of hydrogen-bond acceptors (Lipinski definition) is 0. The average Bonchev–Trinajstić information content (AvgIpc) is 1.81. The topological polar surface area (TPSA) is 0 Å². The first kappa shape index (κ1) is 11.0. The van der Waals surface area contributed by atoms with Crippen LogP contribution >= 0.6 is 27.5 Å². The van der Waals surface area contributed by atoms with E-state index in [9.17, 15) is 0 Å². The van der Waals surface area contributed by atoms with Gasteiger partial charge in [0.05, 0.1) is 0 Å². The van der Waals surface area contributed by atoms with Gasteiger partial charge in [0.1, 0.15) is 0 Å². The number of halogens is 2. The monoisotopic (exact) mass is 234 g/mol. The summed E-state index contributed by atoms with van der Waals surface area (Å²) in [6.07, 6.45) is 1.82. The highest BCUT2D eigenvalue weighted by atomic mass is 79.9. The van der Waals surface area contributed by atoms with Gasteiger partial charge in [-0.15, -0.1) is 0 Å². The maximum Gasteiger partial charge on any atom is 0.0337 e. The lowest BCUT2D eigenvalue weighted by Gasteiger charge is -2.08. The molecule has 0 aliphatic rings. The van der Waals surface area contributed by atoms with Crippen molar-refractivity contribution in [1.29, 1.82) is 0 Å². The van der Waals surface area contributed by atoms with Crippen LogP contribution < -0.4 is 0 Å². The van der Waals surface area contributed by atoms with Gasteiger partial charge < -0.3 is 0 Å². The normalized spacial score (nSPS) is 11.9. The molecule has 0 aliphatic carbocycles. The van der Waals surface area contributed by atoms with Crippen molar-refractivity contribution in [3.8, 4) is 0 Å². The van der Waals surface area contributed by atoms with Crippen molar-refractivity contribution in [2.24, 2.45) is 5.92 Å². The van der Waals surface area contributed by atoms with E-state index >= 15 is 0 Å². The fourth-order valence-corrected chi connectivity index (χ4v) is 1.42. The van der Waals surface area contributed by atoms with Crippen LogP contribution in [0.25, 0.3) is 0 Å². The molecule has 0 saturated carbocycles. The van der Waals surface area contributed by atoms with Gasteiger partial charge in [-0.1, -0.05) is 54.5 Å². The molecule has 0 saturated heterocycles. The molecular weight excluding hydrogens is 223 g/mol. The zero-order valence-electron chi connectivity index (χ0n) is 6.82. The highest BCUT2D eigenvalue weighted by Gasteiger charge is 2.04. The molecule has 0 nitrogen and oxygen atoms in total. The van der Waals surface area contributed by atoms with Crippen molar-refractivity contribution in [2.75, 3.05) is 0 Å². The van der Waals surface area contributed by atoms with Crippen LogP contribution in [0.15, 0.2) is 34.3 Å². The highest BCUT2D eigenvalue weighted by Crippen LogP contribution is 2.24. The molecule has 0 rings (SSSR count). The summed E-state index contributed by atoms with van der Waals surface area (Å²) >= 11 is 8.94.